The Labute approximate surface area is 192 Å². The molecule has 3 aliphatic carbocycles. The standard InChI is InChI=1S/C24H20BrNO6/c1-9-5-16(27)20-14(21(9)28)8-13-11(3-4-12-19(13)24(31)26-23(12)30)18(20)10-6-15(25)22(29)17(7-10)32-2/h3,5-7,12-13,18-19,29H,4,8H2,1-2H3,(H,26,30,31)/t12-,13+,18-,19-/m0/s1. The summed E-state index contributed by atoms with van der Waals surface area (Å²) in [5.41, 5.74) is 2.67. The number of rotatable bonds is 2. The minimum Gasteiger partial charge on any atom is -0.503 e. The van der Waals surface area contributed by atoms with Crippen molar-refractivity contribution in [3.63, 3.8) is 0 Å². The normalized spacial score (nSPS) is 29.1. The quantitative estimate of drug-likeness (QED) is 0.369. The third kappa shape index (κ3) is 2.85. The molecule has 1 aromatic rings. The van der Waals surface area contributed by atoms with Gasteiger partial charge in [-0.1, -0.05) is 11.6 Å². The zero-order valence-corrected chi connectivity index (χ0v) is 19.0. The van der Waals surface area contributed by atoms with Crippen LogP contribution in [0.25, 0.3) is 0 Å². The number of fused-ring (bicyclic) bond motifs is 3. The number of phenolic OH excluding ortho intramolecular Hbond substituents is 1. The van der Waals surface area contributed by atoms with Gasteiger partial charge in [0.25, 0.3) is 0 Å². The zero-order chi connectivity index (χ0) is 22.9. The number of nitrogens with one attached hydrogen (secondary N) is 1. The van der Waals surface area contributed by atoms with Gasteiger partial charge in [-0.3, -0.25) is 24.5 Å². The molecule has 0 aromatic heterocycles. The van der Waals surface area contributed by atoms with Crippen LogP contribution in [0, 0.1) is 17.8 Å². The Morgan fingerprint density at radius 1 is 1.12 bits per heavy atom. The van der Waals surface area contributed by atoms with Crippen LogP contribution in [0.4, 0.5) is 0 Å². The van der Waals surface area contributed by atoms with Crippen molar-refractivity contribution in [3.8, 4) is 11.5 Å². The average Bonchev–Trinajstić information content (AvgIpc) is 3.06. The van der Waals surface area contributed by atoms with Crippen molar-refractivity contribution in [1.29, 1.82) is 0 Å². The number of halogens is 1. The second kappa shape index (κ2) is 7.27. The van der Waals surface area contributed by atoms with E-state index in [0.717, 1.165) is 5.57 Å². The van der Waals surface area contributed by atoms with Crippen molar-refractivity contribution in [2.45, 2.75) is 25.7 Å². The van der Waals surface area contributed by atoms with E-state index in [2.05, 4.69) is 21.2 Å². The summed E-state index contributed by atoms with van der Waals surface area (Å²) in [5, 5.41) is 12.7. The number of carbonyl (C=O) groups excluding carboxylic acids is 4. The van der Waals surface area contributed by atoms with Gasteiger partial charge in [0.2, 0.25) is 11.8 Å². The monoisotopic (exact) mass is 497 g/mol. The van der Waals surface area contributed by atoms with E-state index < -0.39 is 17.8 Å². The van der Waals surface area contributed by atoms with Crippen LogP contribution in [0.5, 0.6) is 11.5 Å². The molecule has 1 fully saturated rings. The minimum absolute atomic E-state index is 0.0712. The lowest BCUT2D eigenvalue weighted by atomic mass is 9.59. The maximum absolute atomic E-state index is 13.2. The van der Waals surface area contributed by atoms with E-state index in [4.69, 9.17) is 4.74 Å². The van der Waals surface area contributed by atoms with E-state index in [9.17, 15) is 24.3 Å². The summed E-state index contributed by atoms with van der Waals surface area (Å²) in [5.74, 6) is -2.90. The van der Waals surface area contributed by atoms with Crippen LogP contribution >= 0.6 is 15.9 Å². The van der Waals surface area contributed by atoms with Crippen LogP contribution < -0.4 is 10.1 Å². The molecule has 1 saturated heterocycles. The highest BCUT2D eigenvalue weighted by molar-refractivity contribution is 9.10. The molecular weight excluding hydrogens is 478 g/mol. The van der Waals surface area contributed by atoms with Crippen LogP contribution in [0.15, 0.2) is 51.0 Å². The van der Waals surface area contributed by atoms with Crippen LogP contribution in [0.1, 0.15) is 31.2 Å². The predicted octanol–water partition coefficient (Wildman–Crippen LogP) is 2.88. The second-order valence-corrected chi connectivity index (χ2v) is 9.49. The van der Waals surface area contributed by atoms with Gasteiger partial charge in [-0.25, -0.2) is 0 Å². The van der Waals surface area contributed by atoms with Crippen LogP contribution in [0.2, 0.25) is 0 Å². The van der Waals surface area contributed by atoms with Crippen molar-refractivity contribution in [2.24, 2.45) is 17.8 Å². The highest BCUT2D eigenvalue weighted by atomic mass is 79.9. The first-order valence-corrected chi connectivity index (χ1v) is 11.1. The summed E-state index contributed by atoms with van der Waals surface area (Å²) in [6.07, 6.45) is 3.93. The van der Waals surface area contributed by atoms with E-state index in [-0.39, 0.29) is 47.2 Å². The van der Waals surface area contributed by atoms with Crippen molar-refractivity contribution in [3.05, 3.63) is 56.6 Å². The molecule has 4 atom stereocenters. The van der Waals surface area contributed by atoms with Gasteiger partial charge in [0.1, 0.15) is 0 Å². The third-order valence-electron chi connectivity index (χ3n) is 7.01. The molecule has 4 aliphatic rings. The number of carbonyl (C=O) groups is 4. The Kier molecular flexibility index (Phi) is 4.74. The van der Waals surface area contributed by atoms with E-state index in [1.807, 2.05) is 6.08 Å². The predicted molar refractivity (Wildman–Crippen MR) is 117 cm³/mol. The topological polar surface area (TPSA) is 110 Å². The largest absolute Gasteiger partial charge is 0.503 e. The van der Waals surface area contributed by atoms with Gasteiger partial charge in [0.05, 0.1) is 23.4 Å². The molecule has 1 aromatic carbocycles. The number of hydrogen-bond donors (Lipinski definition) is 2. The SMILES string of the molecule is COc1cc([C@H]2C3=CC[C@@H]4C(=O)NC(=O)[C@@H]4[C@@H]3CC3=C2C(=O)C=C(C)C3=O)cc(Br)c1O. The molecule has 0 radical (unpaired) electrons. The molecular formula is C24H20BrNO6. The second-order valence-electron chi connectivity index (χ2n) is 8.64. The van der Waals surface area contributed by atoms with Crippen LogP contribution in [0.3, 0.4) is 0 Å². The minimum atomic E-state index is -0.584. The number of ketones is 2. The molecule has 5 rings (SSSR count). The average molecular weight is 498 g/mol. The van der Waals surface area contributed by atoms with Crippen LogP contribution in [-0.4, -0.2) is 35.6 Å². The fourth-order valence-corrected chi connectivity index (χ4v) is 6.05. The summed E-state index contributed by atoms with van der Waals surface area (Å²) in [4.78, 5) is 51.2. The lowest BCUT2D eigenvalue weighted by Crippen LogP contribution is -2.39. The fraction of sp³-hybridized carbons (Fsp3) is 0.333. The molecule has 32 heavy (non-hydrogen) atoms. The summed E-state index contributed by atoms with van der Waals surface area (Å²) in [6, 6.07) is 3.35. The zero-order valence-electron chi connectivity index (χ0n) is 17.4. The number of hydrogen-bond acceptors (Lipinski definition) is 6. The van der Waals surface area contributed by atoms with Gasteiger partial charge >= 0.3 is 0 Å². The Bertz CT molecular complexity index is 1220. The smallest absolute Gasteiger partial charge is 0.231 e. The Morgan fingerprint density at radius 3 is 2.59 bits per heavy atom. The number of ether oxygens (including phenoxy) is 1. The maximum Gasteiger partial charge on any atom is 0.231 e. The first kappa shape index (κ1) is 20.9. The highest BCUT2D eigenvalue weighted by Crippen LogP contribution is 2.55. The van der Waals surface area contributed by atoms with E-state index >= 15 is 0 Å². The van der Waals surface area contributed by atoms with Gasteiger partial charge in [0, 0.05) is 22.6 Å². The van der Waals surface area contributed by atoms with Gasteiger partial charge in [0.15, 0.2) is 23.1 Å². The molecule has 1 heterocycles. The molecule has 2 N–H and O–H groups in total. The fourth-order valence-electron chi connectivity index (χ4n) is 5.59. The Morgan fingerprint density at radius 2 is 1.88 bits per heavy atom. The molecule has 2 amide bonds. The first-order chi connectivity index (χ1) is 15.2. The summed E-state index contributed by atoms with van der Waals surface area (Å²) in [7, 11) is 1.43. The lowest BCUT2D eigenvalue weighted by molar-refractivity contribution is -0.126. The summed E-state index contributed by atoms with van der Waals surface area (Å²) < 4.78 is 5.70. The number of aromatic hydroxyl groups is 1. The Hall–Kier alpha value is -3.00. The number of benzene rings is 1. The Balaban J connectivity index is 1.74. The number of imide groups is 1. The van der Waals surface area contributed by atoms with Crippen molar-refractivity contribution in [1.82, 2.24) is 5.32 Å². The van der Waals surface area contributed by atoms with Gasteiger partial charge in [-0.15, -0.1) is 0 Å². The van der Waals surface area contributed by atoms with E-state index in [1.165, 1.54) is 13.2 Å². The molecule has 7 nitrogen and oxygen atoms in total. The maximum atomic E-state index is 13.2. The summed E-state index contributed by atoms with van der Waals surface area (Å²) >= 11 is 3.34. The molecule has 8 heteroatoms. The molecule has 164 valence electrons. The van der Waals surface area contributed by atoms with Crippen molar-refractivity contribution in [2.75, 3.05) is 7.11 Å². The number of methoxy groups -OCH3 is 1. The molecule has 0 unspecified atom stereocenters. The molecule has 0 spiro atoms. The van der Waals surface area contributed by atoms with Gasteiger partial charge in [-0.05, 0) is 65.4 Å². The van der Waals surface area contributed by atoms with Crippen molar-refractivity contribution < 1.29 is 29.0 Å². The number of phenols is 1. The summed E-state index contributed by atoms with van der Waals surface area (Å²) in [6.45, 7) is 1.61. The highest BCUT2D eigenvalue weighted by Gasteiger charge is 2.53. The van der Waals surface area contributed by atoms with Crippen LogP contribution in [-0.2, 0) is 19.2 Å². The molecule has 1 aliphatic heterocycles. The number of Topliss-reactive ketones (excluding diaryl/α,β-unsaturated/α-hetero) is 1. The number of amides is 2. The van der Waals surface area contributed by atoms with E-state index in [1.54, 1.807) is 19.1 Å². The first-order valence-electron chi connectivity index (χ1n) is 10.3. The van der Waals surface area contributed by atoms with Gasteiger partial charge < -0.3 is 9.84 Å². The molecule has 0 saturated carbocycles. The van der Waals surface area contributed by atoms with Gasteiger partial charge in [-0.2, -0.15) is 0 Å². The number of allylic oxidation sites excluding steroid dienone is 6. The molecule has 0 bridgehead atoms. The van der Waals surface area contributed by atoms with E-state index in [0.29, 0.717) is 33.2 Å². The third-order valence-corrected chi connectivity index (χ3v) is 7.61. The lowest BCUT2D eigenvalue weighted by Gasteiger charge is -2.42. The van der Waals surface area contributed by atoms with Crippen molar-refractivity contribution >= 4 is 39.3 Å².